The van der Waals surface area contributed by atoms with Crippen LogP contribution in [0.3, 0.4) is 0 Å². The molecule has 1 aliphatic rings. The number of nitrogens with two attached hydrogens (primary N) is 1. The van der Waals surface area contributed by atoms with Gasteiger partial charge in [-0.2, -0.15) is 4.98 Å². The first-order valence-electron chi connectivity index (χ1n) is 6.24. The van der Waals surface area contributed by atoms with E-state index in [1.165, 1.54) is 23.9 Å². The molecule has 20 heavy (non-hydrogen) atoms. The van der Waals surface area contributed by atoms with Crippen molar-refractivity contribution in [1.29, 1.82) is 0 Å². The van der Waals surface area contributed by atoms with Crippen molar-refractivity contribution in [3.63, 3.8) is 0 Å². The molecule has 7 heteroatoms. The Balaban J connectivity index is 1.64. The molecule has 1 atom stereocenters. The predicted molar refractivity (Wildman–Crippen MR) is 71.6 cm³/mol. The van der Waals surface area contributed by atoms with Gasteiger partial charge in [0.25, 0.3) is 0 Å². The zero-order valence-electron chi connectivity index (χ0n) is 10.7. The van der Waals surface area contributed by atoms with Crippen molar-refractivity contribution in [3.05, 3.63) is 41.8 Å². The number of ether oxygens (including phenoxy) is 1. The maximum absolute atomic E-state index is 12.8. The smallest absolute Gasteiger partial charge is 0.249 e. The molecule has 0 amide bonds. The Hall–Kier alpha value is -1.44. The molecule has 1 unspecified atom stereocenters. The Morgan fingerprint density at radius 3 is 2.85 bits per heavy atom. The second-order valence-corrected chi connectivity index (χ2v) is 5.77. The van der Waals surface area contributed by atoms with Gasteiger partial charge < -0.3 is 15.0 Å². The molecule has 1 fully saturated rings. The summed E-state index contributed by atoms with van der Waals surface area (Å²) in [6, 6.07) is 6.29. The van der Waals surface area contributed by atoms with Crippen LogP contribution in [0.5, 0.6) is 0 Å². The number of thioether (sulfide) groups is 1. The van der Waals surface area contributed by atoms with E-state index in [0.29, 0.717) is 37.1 Å². The van der Waals surface area contributed by atoms with E-state index in [4.69, 9.17) is 15.0 Å². The Morgan fingerprint density at radius 1 is 1.35 bits per heavy atom. The van der Waals surface area contributed by atoms with E-state index in [-0.39, 0.29) is 5.82 Å². The van der Waals surface area contributed by atoms with Crippen LogP contribution >= 0.6 is 11.8 Å². The first-order valence-corrected chi connectivity index (χ1v) is 7.22. The standard InChI is InChI=1S/C13H14FN3O2S/c14-9-1-3-10(4-2-9)20-7-11-16-12(19-17-11)13(15)5-6-18-8-13/h1-4H,5-8,15H2. The van der Waals surface area contributed by atoms with Crippen LogP contribution in [0.25, 0.3) is 0 Å². The first-order chi connectivity index (χ1) is 9.66. The highest BCUT2D eigenvalue weighted by molar-refractivity contribution is 7.98. The minimum Gasteiger partial charge on any atom is -0.379 e. The molecule has 106 valence electrons. The van der Waals surface area contributed by atoms with Crippen molar-refractivity contribution < 1.29 is 13.7 Å². The summed E-state index contributed by atoms with van der Waals surface area (Å²) in [7, 11) is 0. The summed E-state index contributed by atoms with van der Waals surface area (Å²) in [5, 5.41) is 3.92. The molecule has 1 aromatic heterocycles. The van der Waals surface area contributed by atoms with Gasteiger partial charge in [-0.3, -0.25) is 0 Å². The normalized spacial score (nSPS) is 22.3. The molecule has 1 aromatic carbocycles. The minimum atomic E-state index is -0.661. The fourth-order valence-corrected chi connectivity index (χ4v) is 2.68. The molecule has 1 saturated heterocycles. The molecule has 0 aliphatic carbocycles. The van der Waals surface area contributed by atoms with Gasteiger partial charge in [0.2, 0.25) is 5.89 Å². The second kappa shape index (κ2) is 5.51. The quantitative estimate of drug-likeness (QED) is 0.870. The van der Waals surface area contributed by atoms with Crippen LogP contribution in [0.1, 0.15) is 18.1 Å². The predicted octanol–water partition coefficient (Wildman–Crippen LogP) is 2.08. The fourth-order valence-electron chi connectivity index (χ4n) is 1.94. The topological polar surface area (TPSA) is 74.2 Å². The van der Waals surface area contributed by atoms with E-state index in [1.54, 1.807) is 12.1 Å². The van der Waals surface area contributed by atoms with E-state index < -0.39 is 5.54 Å². The van der Waals surface area contributed by atoms with Crippen LogP contribution in [-0.4, -0.2) is 23.4 Å². The van der Waals surface area contributed by atoms with Crippen molar-refractivity contribution >= 4 is 11.8 Å². The van der Waals surface area contributed by atoms with E-state index in [1.807, 2.05) is 0 Å². The molecule has 0 radical (unpaired) electrons. The lowest BCUT2D eigenvalue weighted by Gasteiger charge is -2.14. The molecule has 2 heterocycles. The number of rotatable bonds is 4. The third-order valence-corrected chi connectivity index (χ3v) is 4.14. The van der Waals surface area contributed by atoms with Gasteiger partial charge in [-0.05, 0) is 30.7 Å². The van der Waals surface area contributed by atoms with Crippen molar-refractivity contribution in [2.75, 3.05) is 13.2 Å². The Labute approximate surface area is 119 Å². The number of nitrogens with zero attached hydrogens (tertiary/aromatic N) is 2. The maximum Gasteiger partial charge on any atom is 0.249 e. The van der Waals surface area contributed by atoms with Crippen LogP contribution < -0.4 is 5.73 Å². The largest absolute Gasteiger partial charge is 0.379 e. The lowest BCUT2D eigenvalue weighted by molar-refractivity contribution is 0.166. The molecule has 0 spiro atoms. The van der Waals surface area contributed by atoms with E-state index in [0.717, 1.165) is 4.90 Å². The van der Waals surface area contributed by atoms with Gasteiger partial charge in [-0.1, -0.05) is 5.16 Å². The van der Waals surface area contributed by atoms with Gasteiger partial charge >= 0.3 is 0 Å². The summed E-state index contributed by atoms with van der Waals surface area (Å²) < 4.78 is 23.3. The van der Waals surface area contributed by atoms with Gasteiger partial charge in [0.1, 0.15) is 11.4 Å². The van der Waals surface area contributed by atoms with Crippen LogP contribution in [0, 0.1) is 5.82 Å². The summed E-state index contributed by atoms with van der Waals surface area (Å²) in [4.78, 5) is 5.27. The van der Waals surface area contributed by atoms with Crippen molar-refractivity contribution in [2.45, 2.75) is 22.6 Å². The average Bonchev–Trinajstić information content (AvgIpc) is 3.08. The lowest BCUT2D eigenvalue weighted by Crippen LogP contribution is -2.37. The molecular weight excluding hydrogens is 281 g/mol. The Bertz CT molecular complexity index is 582. The van der Waals surface area contributed by atoms with Crippen LogP contribution in [0.4, 0.5) is 4.39 Å². The average molecular weight is 295 g/mol. The SMILES string of the molecule is NC1(c2nc(CSc3ccc(F)cc3)no2)CCOC1. The molecule has 2 aromatic rings. The number of halogens is 1. The van der Waals surface area contributed by atoms with Crippen molar-refractivity contribution in [1.82, 2.24) is 10.1 Å². The van der Waals surface area contributed by atoms with E-state index in [2.05, 4.69) is 10.1 Å². The van der Waals surface area contributed by atoms with Gasteiger partial charge in [-0.25, -0.2) is 4.39 Å². The van der Waals surface area contributed by atoms with E-state index in [9.17, 15) is 4.39 Å². The fraction of sp³-hybridized carbons (Fsp3) is 0.385. The van der Waals surface area contributed by atoms with Gasteiger partial charge in [0.15, 0.2) is 5.82 Å². The van der Waals surface area contributed by atoms with Gasteiger partial charge in [0.05, 0.1) is 12.4 Å². The third kappa shape index (κ3) is 2.84. The highest BCUT2D eigenvalue weighted by atomic mass is 32.2. The highest BCUT2D eigenvalue weighted by Gasteiger charge is 2.38. The van der Waals surface area contributed by atoms with E-state index >= 15 is 0 Å². The zero-order chi connectivity index (χ0) is 14.0. The molecule has 2 N–H and O–H groups in total. The van der Waals surface area contributed by atoms with Crippen molar-refractivity contribution in [2.24, 2.45) is 5.73 Å². The van der Waals surface area contributed by atoms with Crippen molar-refractivity contribution in [3.8, 4) is 0 Å². The molecule has 1 aliphatic heterocycles. The van der Waals surface area contributed by atoms with Crippen LogP contribution in [-0.2, 0) is 16.0 Å². The van der Waals surface area contributed by atoms with Crippen LogP contribution in [0.2, 0.25) is 0 Å². The molecule has 0 bridgehead atoms. The summed E-state index contributed by atoms with van der Waals surface area (Å²) in [5.74, 6) is 1.30. The monoisotopic (exact) mass is 295 g/mol. The summed E-state index contributed by atoms with van der Waals surface area (Å²) in [5.41, 5.74) is 5.49. The van der Waals surface area contributed by atoms with Crippen LogP contribution in [0.15, 0.2) is 33.7 Å². The third-order valence-electron chi connectivity index (χ3n) is 3.13. The summed E-state index contributed by atoms with van der Waals surface area (Å²) in [6.45, 7) is 1.01. The summed E-state index contributed by atoms with van der Waals surface area (Å²) >= 11 is 1.51. The Kier molecular flexibility index (Phi) is 3.73. The number of benzene rings is 1. The summed E-state index contributed by atoms with van der Waals surface area (Å²) in [6.07, 6.45) is 0.680. The zero-order valence-corrected chi connectivity index (χ0v) is 11.5. The molecule has 5 nitrogen and oxygen atoms in total. The second-order valence-electron chi connectivity index (χ2n) is 4.72. The lowest BCUT2D eigenvalue weighted by atomic mass is 10.0. The highest BCUT2D eigenvalue weighted by Crippen LogP contribution is 2.27. The maximum atomic E-state index is 12.8. The van der Waals surface area contributed by atoms with Gasteiger partial charge in [0, 0.05) is 11.5 Å². The first kappa shape index (κ1) is 13.5. The molecule has 0 saturated carbocycles. The number of hydrogen-bond acceptors (Lipinski definition) is 6. The Morgan fingerprint density at radius 2 is 2.15 bits per heavy atom. The van der Waals surface area contributed by atoms with Gasteiger partial charge in [-0.15, -0.1) is 11.8 Å². The number of aromatic nitrogens is 2. The minimum absolute atomic E-state index is 0.248. The molecular formula is C13H14FN3O2S. The molecule has 3 rings (SSSR count). The number of hydrogen-bond donors (Lipinski definition) is 1.